The summed E-state index contributed by atoms with van der Waals surface area (Å²) in [5, 5.41) is 22.1. The number of nitro groups is 1. The molecule has 6 nitrogen and oxygen atoms in total. The second-order valence-corrected chi connectivity index (χ2v) is 6.30. The van der Waals surface area contributed by atoms with Crippen molar-refractivity contribution in [2.24, 2.45) is 0 Å². The van der Waals surface area contributed by atoms with Crippen LogP contribution in [0.4, 0.5) is 5.69 Å². The molecule has 0 spiro atoms. The highest BCUT2D eigenvalue weighted by molar-refractivity contribution is 9.10. The summed E-state index contributed by atoms with van der Waals surface area (Å²) < 4.78 is 5.97. The first-order valence-electron chi connectivity index (χ1n) is 7.02. The van der Waals surface area contributed by atoms with Gasteiger partial charge in [0.1, 0.15) is 18.0 Å². The zero-order valence-corrected chi connectivity index (χ0v) is 14.1. The maximum atomic E-state index is 12.7. The van der Waals surface area contributed by atoms with Crippen LogP contribution in [0.3, 0.4) is 0 Å². The number of fused-ring (bicyclic) bond motifs is 1. The van der Waals surface area contributed by atoms with Crippen molar-refractivity contribution in [3.63, 3.8) is 0 Å². The average Bonchev–Trinajstić information content (AvgIpc) is 2.55. The molecular formula is C17H12BrNO5. The van der Waals surface area contributed by atoms with Crippen LogP contribution in [0, 0.1) is 17.0 Å². The molecule has 0 aliphatic heterocycles. The van der Waals surface area contributed by atoms with Gasteiger partial charge in [-0.1, -0.05) is 27.6 Å². The minimum absolute atomic E-state index is 0.0219. The molecule has 3 rings (SSSR count). The Morgan fingerprint density at radius 3 is 2.67 bits per heavy atom. The van der Waals surface area contributed by atoms with Crippen LogP contribution < -0.4 is 5.43 Å². The van der Waals surface area contributed by atoms with Crippen molar-refractivity contribution in [2.45, 2.75) is 13.0 Å². The van der Waals surface area contributed by atoms with E-state index in [2.05, 4.69) is 15.9 Å². The minimum atomic E-state index is -1.47. The number of aliphatic hydroxyl groups excluding tert-OH is 1. The van der Waals surface area contributed by atoms with E-state index in [4.69, 9.17) is 4.42 Å². The molecule has 1 unspecified atom stereocenters. The van der Waals surface area contributed by atoms with Crippen molar-refractivity contribution < 1.29 is 14.4 Å². The fraction of sp³-hybridized carbons (Fsp3) is 0.118. The van der Waals surface area contributed by atoms with Gasteiger partial charge in [-0.15, -0.1) is 0 Å². The minimum Gasteiger partial charge on any atom is -0.464 e. The largest absolute Gasteiger partial charge is 0.464 e. The van der Waals surface area contributed by atoms with Crippen LogP contribution in [-0.2, 0) is 0 Å². The van der Waals surface area contributed by atoms with Crippen molar-refractivity contribution in [2.75, 3.05) is 0 Å². The number of rotatable bonds is 3. The van der Waals surface area contributed by atoms with E-state index in [0.717, 1.165) is 11.8 Å². The molecule has 0 fully saturated rings. The number of nitro benzene ring substituents is 1. The second kappa shape index (κ2) is 6.18. The Hall–Kier alpha value is -2.51. The highest BCUT2D eigenvalue weighted by Crippen LogP contribution is 2.31. The van der Waals surface area contributed by atoms with Gasteiger partial charge in [0, 0.05) is 10.5 Å². The lowest BCUT2D eigenvalue weighted by Gasteiger charge is -2.12. The van der Waals surface area contributed by atoms with Gasteiger partial charge in [-0.05, 0) is 31.2 Å². The fourth-order valence-corrected chi connectivity index (χ4v) is 2.91. The molecule has 0 saturated carbocycles. The summed E-state index contributed by atoms with van der Waals surface area (Å²) in [6.07, 6.45) is -0.320. The number of benzene rings is 2. The average molecular weight is 390 g/mol. The van der Waals surface area contributed by atoms with Crippen LogP contribution in [0.15, 0.2) is 56.3 Å². The van der Waals surface area contributed by atoms with Gasteiger partial charge in [0.25, 0.3) is 5.69 Å². The van der Waals surface area contributed by atoms with Gasteiger partial charge in [0.2, 0.25) is 0 Å². The predicted octanol–water partition coefficient (Wildman–Crippen LogP) is 3.85. The highest BCUT2D eigenvalue weighted by atomic mass is 79.9. The van der Waals surface area contributed by atoms with E-state index in [1.807, 2.05) is 6.92 Å². The third kappa shape index (κ3) is 2.83. The van der Waals surface area contributed by atoms with E-state index in [0.29, 0.717) is 15.4 Å². The molecule has 3 aromatic rings. The molecule has 7 heteroatoms. The number of aryl methyl sites for hydroxylation is 1. The van der Waals surface area contributed by atoms with E-state index >= 15 is 0 Å². The molecule has 1 N–H and O–H groups in total. The Morgan fingerprint density at radius 1 is 1.21 bits per heavy atom. The molecule has 1 aromatic heterocycles. The van der Waals surface area contributed by atoms with Gasteiger partial charge in [-0.25, -0.2) is 0 Å². The lowest BCUT2D eigenvalue weighted by Crippen LogP contribution is -2.15. The van der Waals surface area contributed by atoms with Crippen LogP contribution in [0.2, 0.25) is 0 Å². The summed E-state index contributed by atoms with van der Waals surface area (Å²) >= 11 is 3.22. The van der Waals surface area contributed by atoms with Crippen molar-refractivity contribution in [3.8, 4) is 0 Å². The molecule has 1 atom stereocenters. The Morgan fingerprint density at radius 2 is 1.96 bits per heavy atom. The first kappa shape index (κ1) is 16.4. The predicted molar refractivity (Wildman–Crippen MR) is 92.1 cm³/mol. The van der Waals surface area contributed by atoms with E-state index in [1.54, 1.807) is 18.2 Å². The van der Waals surface area contributed by atoms with Crippen LogP contribution in [-0.4, -0.2) is 10.0 Å². The van der Waals surface area contributed by atoms with Gasteiger partial charge in [0.15, 0.2) is 5.43 Å². The summed E-state index contributed by atoms with van der Waals surface area (Å²) in [5.41, 5.74) is 0.555. The molecule has 0 aliphatic carbocycles. The molecule has 0 radical (unpaired) electrons. The third-order valence-corrected chi connectivity index (χ3v) is 4.22. The van der Waals surface area contributed by atoms with Gasteiger partial charge >= 0.3 is 0 Å². The molecule has 0 amide bonds. The first-order valence-corrected chi connectivity index (χ1v) is 7.81. The smallest absolute Gasteiger partial charge is 0.275 e. The molecule has 0 bridgehead atoms. The van der Waals surface area contributed by atoms with Crippen LogP contribution in [0.1, 0.15) is 22.8 Å². The lowest BCUT2D eigenvalue weighted by molar-refractivity contribution is -0.386. The molecule has 1 heterocycles. The Labute approximate surface area is 144 Å². The topological polar surface area (TPSA) is 93.6 Å². The van der Waals surface area contributed by atoms with Gasteiger partial charge in [-0.3, -0.25) is 14.9 Å². The van der Waals surface area contributed by atoms with Crippen LogP contribution in [0.25, 0.3) is 11.0 Å². The lowest BCUT2D eigenvalue weighted by atomic mass is 10.00. The fourth-order valence-electron chi connectivity index (χ4n) is 2.53. The van der Waals surface area contributed by atoms with E-state index < -0.39 is 16.5 Å². The van der Waals surface area contributed by atoms with Crippen molar-refractivity contribution >= 4 is 32.6 Å². The molecule has 0 aliphatic rings. The molecular weight excluding hydrogens is 378 g/mol. The highest BCUT2D eigenvalue weighted by Gasteiger charge is 2.25. The number of halogens is 1. The summed E-state index contributed by atoms with van der Waals surface area (Å²) in [6, 6.07) is 9.33. The first-order chi connectivity index (χ1) is 11.4. The van der Waals surface area contributed by atoms with Crippen molar-refractivity contribution in [1.29, 1.82) is 0 Å². The quantitative estimate of drug-likeness (QED) is 0.542. The number of nitrogens with zero attached hydrogens (tertiary/aromatic N) is 1. The Bertz CT molecular complexity index is 1010. The summed E-state index contributed by atoms with van der Waals surface area (Å²) in [5.74, 6) is 0. The molecule has 24 heavy (non-hydrogen) atoms. The third-order valence-electron chi connectivity index (χ3n) is 3.73. The van der Waals surface area contributed by atoms with Crippen LogP contribution >= 0.6 is 15.9 Å². The monoisotopic (exact) mass is 389 g/mol. The van der Waals surface area contributed by atoms with Crippen LogP contribution in [0.5, 0.6) is 0 Å². The number of hydrogen-bond donors (Lipinski definition) is 1. The van der Waals surface area contributed by atoms with Gasteiger partial charge < -0.3 is 9.52 Å². The summed E-state index contributed by atoms with van der Waals surface area (Å²) in [7, 11) is 0. The normalized spacial score (nSPS) is 12.3. The van der Waals surface area contributed by atoms with E-state index in [1.165, 1.54) is 18.2 Å². The second-order valence-electron chi connectivity index (χ2n) is 5.38. The number of aliphatic hydroxyl groups is 1. The maximum Gasteiger partial charge on any atom is 0.275 e. The maximum absolute atomic E-state index is 12.7. The van der Waals surface area contributed by atoms with Crippen molar-refractivity contribution in [3.05, 3.63) is 84.2 Å². The molecule has 122 valence electrons. The Balaban J connectivity index is 2.21. The SMILES string of the molecule is Cc1ccc2occ(C(O)c3cc(Br)ccc3[N+](=O)[O-])c(=O)c2c1. The zero-order chi connectivity index (χ0) is 17.4. The van der Waals surface area contributed by atoms with E-state index in [9.17, 15) is 20.0 Å². The van der Waals surface area contributed by atoms with Gasteiger partial charge in [-0.2, -0.15) is 0 Å². The number of hydrogen-bond acceptors (Lipinski definition) is 5. The standard InChI is InChI=1S/C17H12BrNO5/c1-9-2-5-15-12(6-9)17(21)13(8-24-15)16(20)11-7-10(18)3-4-14(11)19(22)23/h2-8,16,20H,1H3. The molecule has 0 saturated heterocycles. The zero-order valence-electron chi connectivity index (χ0n) is 12.5. The summed E-state index contributed by atoms with van der Waals surface area (Å²) in [4.78, 5) is 23.2. The Kier molecular flexibility index (Phi) is 4.21. The van der Waals surface area contributed by atoms with Crippen molar-refractivity contribution in [1.82, 2.24) is 0 Å². The summed E-state index contributed by atoms with van der Waals surface area (Å²) in [6.45, 7) is 1.83. The van der Waals surface area contributed by atoms with E-state index in [-0.39, 0.29) is 16.8 Å². The molecule has 2 aromatic carbocycles. The van der Waals surface area contributed by atoms with Gasteiger partial charge in [0.05, 0.1) is 21.4 Å².